The van der Waals surface area contributed by atoms with Crippen LogP contribution in [-0.2, 0) is 19.2 Å². The molecule has 0 spiro atoms. The van der Waals surface area contributed by atoms with Crippen LogP contribution in [0.5, 0.6) is 23.0 Å². The van der Waals surface area contributed by atoms with Gasteiger partial charge >= 0.3 is 23.9 Å². The summed E-state index contributed by atoms with van der Waals surface area (Å²) < 4.78 is 37.0. The maximum absolute atomic E-state index is 15.4. The Bertz CT molecular complexity index is 1790. The Labute approximate surface area is 280 Å². The van der Waals surface area contributed by atoms with Gasteiger partial charge in [0.25, 0.3) is 0 Å². The van der Waals surface area contributed by atoms with Crippen LogP contribution in [0.25, 0.3) is 12.2 Å². The summed E-state index contributed by atoms with van der Waals surface area (Å²) in [6.45, 7) is 20.6. The van der Waals surface area contributed by atoms with Gasteiger partial charge in [-0.25, -0.2) is 18.8 Å². The highest BCUT2D eigenvalue weighted by Crippen LogP contribution is 2.34. The second-order valence-electron chi connectivity index (χ2n) is 11.8. The number of halogens is 1. The third-order valence-electron chi connectivity index (χ3n) is 6.93. The molecule has 0 aliphatic heterocycles. The topological polar surface area (TPSA) is 105 Å². The van der Waals surface area contributed by atoms with Gasteiger partial charge in [0.2, 0.25) is 0 Å². The molecule has 2 aromatic carbocycles. The summed E-state index contributed by atoms with van der Waals surface area (Å²) in [4.78, 5) is 48.7. The lowest BCUT2D eigenvalue weighted by atomic mass is 9.85. The highest BCUT2D eigenvalue weighted by Gasteiger charge is 2.21. The van der Waals surface area contributed by atoms with Gasteiger partial charge in [0.05, 0.1) is 5.92 Å². The van der Waals surface area contributed by atoms with Crippen molar-refractivity contribution >= 4 is 36.0 Å². The van der Waals surface area contributed by atoms with E-state index in [9.17, 15) is 19.2 Å². The van der Waals surface area contributed by atoms with E-state index in [1.54, 1.807) is 62.4 Å². The molecule has 0 saturated carbocycles. The molecule has 0 saturated heterocycles. The van der Waals surface area contributed by atoms with Crippen molar-refractivity contribution < 1.29 is 42.5 Å². The van der Waals surface area contributed by atoms with Crippen molar-refractivity contribution in [2.75, 3.05) is 0 Å². The zero-order valence-electron chi connectivity index (χ0n) is 27.9. The molecule has 1 aliphatic rings. The standard InChI is InChI=1S/C39H39FO8/c1-22(2)36(41)45-31-16-14-27(34(20-31)47-38(43)24(5)6)10-12-29-19-33(40)30(18-26(29)9)13-11-28-15-17-32(46-37(42)23(3)4)21-35(28)48-39(44)25(7)8/h10-22,26,29H,3,5,7H2,1-2,4,6,8-9H3/b12-10+,13-11+. The van der Waals surface area contributed by atoms with E-state index >= 15 is 4.39 Å². The lowest BCUT2D eigenvalue weighted by Gasteiger charge is -2.20. The van der Waals surface area contributed by atoms with Crippen LogP contribution in [0.4, 0.5) is 4.39 Å². The summed E-state index contributed by atoms with van der Waals surface area (Å²) in [6.07, 6.45) is 9.88. The Morgan fingerprint density at radius 1 is 0.708 bits per heavy atom. The fraction of sp³-hybridized carbons (Fsp3) is 0.231. The minimum atomic E-state index is -0.678. The lowest BCUT2D eigenvalue weighted by molar-refractivity contribution is -0.137. The summed E-state index contributed by atoms with van der Waals surface area (Å²) in [5.41, 5.74) is 1.81. The molecule has 3 rings (SSSR count). The molecular formula is C39H39FO8. The summed E-state index contributed by atoms with van der Waals surface area (Å²) in [6, 6.07) is 9.15. The molecule has 2 atom stereocenters. The summed E-state index contributed by atoms with van der Waals surface area (Å²) in [5, 5.41) is 0. The van der Waals surface area contributed by atoms with Crippen LogP contribution in [0.3, 0.4) is 0 Å². The Morgan fingerprint density at radius 2 is 1.19 bits per heavy atom. The van der Waals surface area contributed by atoms with Gasteiger partial charge in [0.1, 0.15) is 28.8 Å². The van der Waals surface area contributed by atoms with Crippen molar-refractivity contribution in [3.63, 3.8) is 0 Å². The highest BCUT2D eigenvalue weighted by molar-refractivity contribution is 5.91. The quantitative estimate of drug-likeness (QED) is 0.128. The molecule has 2 unspecified atom stereocenters. The molecule has 250 valence electrons. The molecule has 0 bridgehead atoms. The molecule has 2 aromatic rings. The SMILES string of the molecule is C=C(C)C(=O)Oc1ccc(/C=C/C2=CC(C)C(/C=C/c3ccc(OC(=O)C(C)C)cc3OC(=O)C(=C)C)C=C2F)c(OC(=O)C(=C)C)c1. The predicted molar refractivity (Wildman–Crippen MR) is 183 cm³/mol. The number of hydrogen-bond acceptors (Lipinski definition) is 8. The van der Waals surface area contributed by atoms with E-state index in [4.69, 9.17) is 18.9 Å². The molecule has 9 heteroatoms. The Morgan fingerprint density at radius 3 is 1.69 bits per heavy atom. The number of hydrogen-bond donors (Lipinski definition) is 0. The first-order valence-corrected chi connectivity index (χ1v) is 15.1. The van der Waals surface area contributed by atoms with Crippen LogP contribution in [0.2, 0.25) is 0 Å². The average molecular weight is 655 g/mol. The van der Waals surface area contributed by atoms with E-state index in [2.05, 4.69) is 19.7 Å². The van der Waals surface area contributed by atoms with E-state index in [0.29, 0.717) is 16.7 Å². The predicted octanol–water partition coefficient (Wildman–Crippen LogP) is 8.46. The van der Waals surface area contributed by atoms with E-state index < -0.39 is 29.7 Å². The number of allylic oxidation sites excluding steroid dienone is 6. The summed E-state index contributed by atoms with van der Waals surface area (Å²) in [5.74, 6) is -3.11. The van der Waals surface area contributed by atoms with Gasteiger partial charge in [-0.2, -0.15) is 0 Å². The van der Waals surface area contributed by atoms with E-state index in [1.165, 1.54) is 45.0 Å². The minimum absolute atomic E-state index is 0.0917. The number of esters is 4. The molecule has 0 radical (unpaired) electrons. The normalized spacial score (nSPS) is 15.8. The molecule has 0 aromatic heterocycles. The van der Waals surface area contributed by atoms with Crippen LogP contribution in [-0.4, -0.2) is 23.9 Å². The van der Waals surface area contributed by atoms with Gasteiger partial charge in [0, 0.05) is 51.5 Å². The van der Waals surface area contributed by atoms with Crippen LogP contribution in [0.15, 0.2) is 109 Å². The van der Waals surface area contributed by atoms with Crippen molar-refractivity contribution in [1.29, 1.82) is 0 Å². The monoisotopic (exact) mass is 654 g/mol. The lowest BCUT2D eigenvalue weighted by Crippen LogP contribution is -2.15. The van der Waals surface area contributed by atoms with Gasteiger partial charge in [0.15, 0.2) is 0 Å². The van der Waals surface area contributed by atoms with Crippen LogP contribution in [0, 0.1) is 17.8 Å². The number of benzene rings is 2. The Kier molecular flexibility index (Phi) is 12.5. The largest absolute Gasteiger partial charge is 0.426 e. The molecule has 0 N–H and O–H groups in total. The zero-order chi connectivity index (χ0) is 35.7. The van der Waals surface area contributed by atoms with Crippen molar-refractivity contribution in [2.45, 2.75) is 41.5 Å². The van der Waals surface area contributed by atoms with Gasteiger partial charge in [-0.3, -0.25) is 4.79 Å². The fourth-order valence-electron chi connectivity index (χ4n) is 4.06. The Balaban J connectivity index is 1.86. The van der Waals surface area contributed by atoms with Crippen molar-refractivity contribution in [2.24, 2.45) is 17.8 Å². The number of ether oxygens (including phenoxy) is 4. The fourth-order valence-corrected chi connectivity index (χ4v) is 4.06. The van der Waals surface area contributed by atoms with E-state index in [-0.39, 0.29) is 57.5 Å². The van der Waals surface area contributed by atoms with Crippen LogP contribution >= 0.6 is 0 Å². The van der Waals surface area contributed by atoms with Gasteiger partial charge in [-0.05, 0) is 57.0 Å². The highest BCUT2D eigenvalue weighted by atomic mass is 19.1. The molecular weight excluding hydrogens is 615 g/mol. The number of carbonyl (C=O) groups is 4. The summed E-state index contributed by atoms with van der Waals surface area (Å²) in [7, 11) is 0. The first-order valence-electron chi connectivity index (χ1n) is 15.1. The average Bonchev–Trinajstić information content (AvgIpc) is 3.01. The van der Waals surface area contributed by atoms with Crippen molar-refractivity contribution in [3.05, 3.63) is 120 Å². The van der Waals surface area contributed by atoms with Crippen LogP contribution < -0.4 is 18.9 Å². The molecule has 0 fully saturated rings. The zero-order valence-corrected chi connectivity index (χ0v) is 27.9. The maximum Gasteiger partial charge on any atom is 0.338 e. The molecule has 1 aliphatic carbocycles. The van der Waals surface area contributed by atoms with Gasteiger partial charge in [-0.15, -0.1) is 0 Å². The third kappa shape index (κ3) is 10.2. The molecule has 0 amide bonds. The Hall–Kier alpha value is -5.57. The molecule has 8 nitrogen and oxygen atoms in total. The van der Waals surface area contributed by atoms with Crippen molar-refractivity contribution in [1.82, 2.24) is 0 Å². The minimum Gasteiger partial charge on any atom is -0.426 e. The molecule has 48 heavy (non-hydrogen) atoms. The smallest absolute Gasteiger partial charge is 0.338 e. The second kappa shape index (κ2) is 16.3. The van der Waals surface area contributed by atoms with Gasteiger partial charge in [-0.1, -0.05) is 70.9 Å². The van der Waals surface area contributed by atoms with E-state index in [1.807, 2.05) is 6.92 Å². The first-order chi connectivity index (χ1) is 22.5. The third-order valence-corrected chi connectivity index (χ3v) is 6.93. The van der Waals surface area contributed by atoms with Crippen LogP contribution in [0.1, 0.15) is 52.7 Å². The molecule has 0 heterocycles. The number of rotatable bonds is 12. The van der Waals surface area contributed by atoms with E-state index in [0.717, 1.165) is 0 Å². The second-order valence-corrected chi connectivity index (χ2v) is 11.8. The summed E-state index contributed by atoms with van der Waals surface area (Å²) >= 11 is 0. The van der Waals surface area contributed by atoms with Gasteiger partial charge < -0.3 is 18.9 Å². The maximum atomic E-state index is 15.4. The number of carbonyl (C=O) groups excluding carboxylic acids is 4. The first kappa shape index (κ1) is 36.9. The van der Waals surface area contributed by atoms with Crippen molar-refractivity contribution in [3.8, 4) is 23.0 Å².